The zero-order valence-corrected chi connectivity index (χ0v) is 21.6. The standard InChI is InChI=1S/C25H13BrCl2N4O2S/c26-14-6-9-19-17(10-14)20(23(33)31(19)12-13-4-2-1-3-5-13)21-24(34)32-25(35-21)29-22(30-32)16-8-7-15(27)11-18(16)28/h1-11H,12H2/b21-20-. The van der Waals surface area contributed by atoms with E-state index in [1.54, 1.807) is 23.1 Å². The predicted octanol–water partition coefficient (Wildman–Crippen LogP) is 5.35. The molecule has 0 saturated carbocycles. The van der Waals surface area contributed by atoms with Crippen molar-refractivity contribution in [1.82, 2.24) is 14.6 Å². The highest BCUT2D eigenvalue weighted by molar-refractivity contribution is 9.10. The molecule has 3 heterocycles. The van der Waals surface area contributed by atoms with E-state index in [4.69, 9.17) is 23.2 Å². The molecular weight excluding hydrogens is 571 g/mol. The number of hydrogen-bond donors (Lipinski definition) is 0. The molecule has 0 saturated heterocycles. The third kappa shape index (κ3) is 3.77. The maximum absolute atomic E-state index is 13.7. The Morgan fingerprint density at radius 2 is 1.74 bits per heavy atom. The number of anilines is 1. The van der Waals surface area contributed by atoms with Crippen LogP contribution in [0.25, 0.3) is 21.9 Å². The number of carbonyl (C=O) groups is 1. The molecule has 6 nitrogen and oxygen atoms in total. The molecule has 0 radical (unpaired) electrons. The average molecular weight is 584 g/mol. The summed E-state index contributed by atoms with van der Waals surface area (Å²) >= 11 is 16.9. The zero-order chi connectivity index (χ0) is 24.3. The van der Waals surface area contributed by atoms with E-state index in [1.807, 2.05) is 48.5 Å². The van der Waals surface area contributed by atoms with Crippen molar-refractivity contribution in [1.29, 1.82) is 0 Å². The van der Waals surface area contributed by atoms with Crippen LogP contribution in [0.1, 0.15) is 11.1 Å². The molecule has 172 valence electrons. The highest BCUT2D eigenvalue weighted by Crippen LogP contribution is 2.38. The first kappa shape index (κ1) is 22.4. The number of benzene rings is 3. The molecule has 3 aromatic carbocycles. The predicted molar refractivity (Wildman–Crippen MR) is 142 cm³/mol. The molecule has 1 aliphatic rings. The highest BCUT2D eigenvalue weighted by Gasteiger charge is 2.34. The Labute approximate surface area is 221 Å². The SMILES string of the molecule is O=C1/C(=c2\sc3nc(-c4ccc(Cl)cc4Cl)nn3c2=O)c2cc(Br)ccc2N1Cc1ccccc1. The van der Waals surface area contributed by atoms with Crippen molar-refractivity contribution < 1.29 is 4.79 Å². The third-order valence-electron chi connectivity index (χ3n) is 5.72. The van der Waals surface area contributed by atoms with E-state index in [9.17, 15) is 9.59 Å². The van der Waals surface area contributed by atoms with E-state index in [0.717, 1.165) is 27.1 Å². The Bertz CT molecular complexity index is 1770. The Kier molecular flexibility index (Phi) is 5.49. The molecule has 35 heavy (non-hydrogen) atoms. The largest absolute Gasteiger partial charge is 0.303 e. The Morgan fingerprint density at radius 1 is 0.943 bits per heavy atom. The summed E-state index contributed by atoms with van der Waals surface area (Å²) in [5, 5.41) is 5.26. The van der Waals surface area contributed by atoms with Crippen molar-refractivity contribution in [3.63, 3.8) is 0 Å². The van der Waals surface area contributed by atoms with Gasteiger partial charge in [-0.05, 0) is 42.0 Å². The first-order valence-electron chi connectivity index (χ1n) is 10.5. The van der Waals surface area contributed by atoms with Gasteiger partial charge in [0.1, 0.15) is 4.53 Å². The van der Waals surface area contributed by atoms with Gasteiger partial charge in [-0.25, -0.2) is 0 Å². The van der Waals surface area contributed by atoms with Gasteiger partial charge >= 0.3 is 0 Å². The van der Waals surface area contributed by atoms with Gasteiger partial charge in [-0.3, -0.25) is 9.59 Å². The lowest BCUT2D eigenvalue weighted by atomic mass is 10.1. The first-order valence-corrected chi connectivity index (χ1v) is 12.8. The van der Waals surface area contributed by atoms with E-state index in [1.165, 1.54) is 4.52 Å². The smallest absolute Gasteiger partial charge is 0.291 e. The van der Waals surface area contributed by atoms with Crippen LogP contribution in [-0.4, -0.2) is 20.5 Å². The van der Waals surface area contributed by atoms with Crippen LogP contribution in [0, 0.1) is 0 Å². The molecule has 0 unspecified atom stereocenters. The van der Waals surface area contributed by atoms with Crippen LogP contribution >= 0.6 is 50.5 Å². The van der Waals surface area contributed by atoms with Crippen molar-refractivity contribution in [3.05, 3.63) is 107 Å². The van der Waals surface area contributed by atoms with Gasteiger partial charge in [0.2, 0.25) is 4.96 Å². The second-order valence-electron chi connectivity index (χ2n) is 7.90. The number of halogens is 3. The fraction of sp³-hybridized carbons (Fsp3) is 0.0400. The minimum Gasteiger partial charge on any atom is -0.303 e. The van der Waals surface area contributed by atoms with Crippen LogP contribution in [0.2, 0.25) is 10.0 Å². The molecule has 5 aromatic rings. The van der Waals surface area contributed by atoms with E-state index >= 15 is 0 Å². The quantitative estimate of drug-likeness (QED) is 0.287. The summed E-state index contributed by atoms with van der Waals surface area (Å²) in [5.74, 6) is 0.0858. The lowest BCUT2D eigenvalue weighted by molar-refractivity contribution is -0.113. The van der Waals surface area contributed by atoms with E-state index in [0.29, 0.717) is 48.6 Å². The van der Waals surface area contributed by atoms with Gasteiger partial charge in [-0.2, -0.15) is 9.50 Å². The second-order valence-corrected chi connectivity index (χ2v) is 10.6. The number of thiazole rings is 1. The minimum atomic E-state index is -0.398. The van der Waals surface area contributed by atoms with Gasteiger partial charge in [-0.15, -0.1) is 5.10 Å². The summed E-state index contributed by atoms with van der Waals surface area (Å²) in [5.41, 5.74) is 2.97. The molecule has 0 N–H and O–H groups in total. The summed E-state index contributed by atoms with van der Waals surface area (Å²) in [6.07, 6.45) is 0. The molecule has 0 atom stereocenters. The number of fused-ring (bicyclic) bond motifs is 2. The first-order chi connectivity index (χ1) is 16.9. The van der Waals surface area contributed by atoms with Crippen LogP contribution in [-0.2, 0) is 11.3 Å². The molecule has 1 aliphatic heterocycles. The maximum Gasteiger partial charge on any atom is 0.291 e. The topological polar surface area (TPSA) is 67.6 Å². The van der Waals surface area contributed by atoms with Gasteiger partial charge in [0, 0.05) is 20.6 Å². The summed E-state index contributed by atoms with van der Waals surface area (Å²) in [6, 6.07) is 20.4. The number of carbonyl (C=O) groups excluding carboxylic acids is 1. The van der Waals surface area contributed by atoms with Crippen molar-refractivity contribution in [3.8, 4) is 11.4 Å². The van der Waals surface area contributed by atoms with E-state index < -0.39 is 5.56 Å². The summed E-state index contributed by atoms with van der Waals surface area (Å²) in [4.78, 5) is 33.7. The van der Waals surface area contributed by atoms with E-state index in [-0.39, 0.29) is 5.91 Å². The Morgan fingerprint density at radius 3 is 2.49 bits per heavy atom. The molecule has 10 heteroatoms. The Balaban J connectivity index is 1.52. The molecule has 0 spiro atoms. The van der Waals surface area contributed by atoms with Crippen LogP contribution in [0.5, 0.6) is 0 Å². The third-order valence-corrected chi connectivity index (χ3v) is 7.79. The van der Waals surface area contributed by atoms with Crippen molar-refractivity contribution in [2.45, 2.75) is 6.54 Å². The van der Waals surface area contributed by atoms with Crippen LogP contribution < -0.4 is 15.0 Å². The van der Waals surface area contributed by atoms with Gasteiger partial charge < -0.3 is 4.90 Å². The molecular formula is C25H13BrCl2N4O2S. The van der Waals surface area contributed by atoms with Crippen LogP contribution in [0.4, 0.5) is 5.69 Å². The van der Waals surface area contributed by atoms with E-state index in [2.05, 4.69) is 26.0 Å². The van der Waals surface area contributed by atoms with Crippen molar-refractivity contribution >= 4 is 72.6 Å². The van der Waals surface area contributed by atoms with Crippen molar-refractivity contribution in [2.75, 3.05) is 4.90 Å². The molecule has 1 amide bonds. The van der Waals surface area contributed by atoms with Gasteiger partial charge in [0.25, 0.3) is 11.5 Å². The number of amides is 1. The fourth-order valence-corrected chi connectivity index (χ4v) is 5.97. The van der Waals surface area contributed by atoms with Crippen molar-refractivity contribution in [2.24, 2.45) is 0 Å². The summed E-state index contributed by atoms with van der Waals surface area (Å²) < 4.78 is 2.33. The number of rotatable bonds is 3. The highest BCUT2D eigenvalue weighted by atomic mass is 79.9. The summed E-state index contributed by atoms with van der Waals surface area (Å²) in [7, 11) is 0. The number of aromatic nitrogens is 3. The normalized spacial score (nSPS) is 14.7. The van der Waals surface area contributed by atoms with Gasteiger partial charge in [0.15, 0.2) is 5.82 Å². The number of nitrogens with zero attached hydrogens (tertiary/aromatic N) is 4. The summed E-state index contributed by atoms with van der Waals surface area (Å²) in [6.45, 7) is 0.395. The fourth-order valence-electron chi connectivity index (χ4n) is 4.12. The van der Waals surface area contributed by atoms with Crippen LogP contribution in [0.3, 0.4) is 0 Å². The molecule has 6 rings (SSSR count). The van der Waals surface area contributed by atoms with Gasteiger partial charge in [-0.1, -0.05) is 80.8 Å². The molecule has 2 aromatic heterocycles. The monoisotopic (exact) mass is 582 g/mol. The van der Waals surface area contributed by atoms with Crippen LogP contribution in [0.15, 0.2) is 76.0 Å². The molecule has 0 aliphatic carbocycles. The lowest BCUT2D eigenvalue weighted by Crippen LogP contribution is -2.32. The zero-order valence-electron chi connectivity index (χ0n) is 17.7. The molecule has 0 bridgehead atoms. The van der Waals surface area contributed by atoms with Gasteiger partial charge in [0.05, 0.1) is 22.8 Å². The Hall–Kier alpha value is -3.04. The second kappa shape index (κ2) is 8.57. The maximum atomic E-state index is 13.7. The minimum absolute atomic E-state index is 0.232. The average Bonchev–Trinajstić information content (AvgIpc) is 3.45. The molecule has 0 fully saturated rings. The number of hydrogen-bond acceptors (Lipinski definition) is 5. The lowest BCUT2D eigenvalue weighted by Gasteiger charge is -2.17.